The Morgan fingerprint density at radius 1 is 0.732 bits per heavy atom. The van der Waals surface area contributed by atoms with Crippen LogP contribution >= 0.6 is 0 Å². The van der Waals surface area contributed by atoms with Gasteiger partial charge in [0.1, 0.15) is 6.10 Å². The number of esters is 1. The summed E-state index contributed by atoms with van der Waals surface area (Å²) in [4.78, 5) is 26.5. The van der Waals surface area contributed by atoms with Gasteiger partial charge in [-0.1, -0.05) is 140 Å². The van der Waals surface area contributed by atoms with Crippen LogP contribution in [0.1, 0.15) is 167 Å². The molecule has 8 rings (SSSR count). The number of hydrogen-bond donors (Lipinski definition) is 0. The van der Waals surface area contributed by atoms with Crippen LogP contribution in [-0.4, -0.2) is 17.9 Å². The monoisotopic (exact) mass is 755 g/mol. The Kier molecular flexibility index (Phi) is 11.7. The van der Waals surface area contributed by atoms with Gasteiger partial charge in [-0.3, -0.25) is 9.59 Å². The first-order valence-electron chi connectivity index (χ1n) is 23.2. The topological polar surface area (TPSA) is 43.4 Å². The van der Waals surface area contributed by atoms with Gasteiger partial charge in [0.2, 0.25) is 0 Å². The van der Waals surface area contributed by atoms with Crippen LogP contribution < -0.4 is 0 Å². The second-order valence-electron chi connectivity index (χ2n) is 20.2. The lowest BCUT2D eigenvalue weighted by molar-refractivity contribution is -0.151. The summed E-state index contributed by atoms with van der Waals surface area (Å²) in [6.07, 6.45) is 24.2. The van der Waals surface area contributed by atoms with E-state index in [0.29, 0.717) is 23.7 Å². The van der Waals surface area contributed by atoms with E-state index in [1.807, 2.05) is 0 Å². The van der Waals surface area contributed by atoms with Crippen molar-refractivity contribution in [1.82, 2.24) is 0 Å². The van der Waals surface area contributed by atoms with Gasteiger partial charge < -0.3 is 4.74 Å². The van der Waals surface area contributed by atoms with Crippen molar-refractivity contribution in [2.45, 2.75) is 163 Å². The third kappa shape index (κ3) is 7.59. The molecule has 4 aliphatic rings. The van der Waals surface area contributed by atoms with Crippen molar-refractivity contribution in [2.24, 2.45) is 46.3 Å². The Bertz CT molecular complexity index is 2040. The van der Waals surface area contributed by atoms with Crippen molar-refractivity contribution >= 4 is 44.1 Å². The Hall–Kier alpha value is -3.20. The van der Waals surface area contributed by atoms with Crippen molar-refractivity contribution in [3.05, 3.63) is 71.8 Å². The highest BCUT2D eigenvalue weighted by Gasteiger charge is 2.59. The Morgan fingerprint density at radius 2 is 1.45 bits per heavy atom. The fourth-order valence-electron chi connectivity index (χ4n) is 13.4. The summed E-state index contributed by atoms with van der Waals surface area (Å²) in [5.74, 6) is 5.36. The van der Waals surface area contributed by atoms with Gasteiger partial charge >= 0.3 is 5.97 Å². The third-order valence-electron chi connectivity index (χ3n) is 16.4. The van der Waals surface area contributed by atoms with E-state index in [2.05, 4.69) is 95.3 Å². The van der Waals surface area contributed by atoms with E-state index < -0.39 is 0 Å². The Labute approximate surface area is 338 Å². The van der Waals surface area contributed by atoms with Crippen molar-refractivity contribution in [3.63, 3.8) is 0 Å². The van der Waals surface area contributed by atoms with Crippen molar-refractivity contribution in [3.8, 4) is 0 Å². The van der Waals surface area contributed by atoms with E-state index in [9.17, 15) is 9.59 Å². The number of ether oxygens (including phenoxy) is 1. The SMILES string of the molecule is CC(C)CCCC(C)C1CCC2C3CC=C4CC(OC(=O)CCCCCCCCC(=O)c5cc6cccc7ccc8cccc5c8c76)CCC4(C)C3CCC12C. The van der Waals surface area contributed by atoms with Crippen LogP contribution in [0.15, 0.2) is 66.2 Å². The summed E-state index contributed by atoms with van der Waals surface area (Å²) >= 11 is 0. The van der Waals surface area contributed by atoms with Gasteiger partial charge in [0, 0.05) is 24.8 Å². The highest BCUT2D eigenvalue weighted by atomic mass is 16.5. The molecule has 8 atom stereocenters. The van der Waals surface area contributed by atoms with Crippen LogP contribution in [0.4, 0.5) is 0 Å². The quantitative estimate of drug-likeness (QED) is 0.0376. The molecule has 3 heteroatoms. The number of hydrogen-bond acceptors (Lipinski definition) is 3. The lowest BCUT2D eigenvalue weighted by Crippen LogP contribution is -2.51. The van der Waals surface area contributed by atoms with Crippen LogP contribution in [0.25, 0.3) is 32.3 Å². The van der Waals surface area contributed by atoms with Gasteiger partial charge in [0.05, 0.1) is 0 Å². The van der Waals surface area contributed by atoms with Crippen molar-refractivity contribution in [1.29, 1.82) is 0 Å². The van der Waals surface area contributed by atoms with E-state index in [1.165, 1.54) is 79.3 Å². The molecule has 300 valence electrons. The fourth-order valence-corrected chi connectivity index (χ4v) is 13.4. The summed E-state index contributed by atoms with van der Waals surface area (Å²) in [6.45, 7) is 12.6. The number of unbranched alkanes of at least 4 members (excludes halogenated alkanes) is 5. The molecule has 0 radical (unpaired) electrons. The molecule has 0 aliphatic heterocycles. The molecule has 0 aromatic heterocycles. The molecule has 4 aromatic rings. The summed E-state index contributed by atoms with van der Waals surface area (Å²) in [6, 6.07) is 19.2. The smallest absolute Gasteiger partial charge is 0.306 e. The number of ketones is 1. The molecule has 0 amide bonds. The maximum Gasteiger partial charge on any atom is 0.306 e. The van der Waals surface area contributed by atoms with E-state index in [0.717, 1.165) is 103 Å². The first-order chi connectivity index (χ1) is 27.1. The highest BCUT2D eigenvalue weighted by molar-refractivity contribution is 6.27. The second kappa shape index (κ2) is 16.6. The maximum atomic E-state index is 13.5. The first-order valence-corrected chi connectivity index (χ1v) is 23.2. The molecular weight excluding hydrogens is 685 g/mol. The molecule has 3 nitrogen and oxygen atoms in total. The molecule has 0 spiro atoms. The minimum Gasteiger partial charge on any atom is -0.462 e. The van der Waals surface area contributed by atoms with Gasteiger partial charge in [-0.2, -0.15) is 0 Å². The van der Waals surface area contributed by atoms with Crippen LogP contribution in [0.2, 0.25) is 0 Å². The standard InChI is InChI=1S/C53H70O3/c1-35(2)15-12-16-36(3)45-27-28-46-43-26-25-40-34-41(29-31-52(40,4)47(43)30-32-53(45,46)5)56-49(55)22-11-9-7-6-8-10-21-48(54)44-33-39-19-13-17-37-23-24-38-18-14-20-42(44)51(38)50(37)39/h13-14,17-20,23-25,33,35-36,41,43,45-47H,6-12,15-16,21-22,26-32,34H2,1-5H3. The van der Waals surface area contributed by atoms with Crippen molar-refractivity contribution < 1.29 is 14.3 Å². The molecule has 3 fully saturated rings. The second-order valence-corrected chi connectivity index (χ2v) is 20.2. The molecule has 0 saturated heterocycles. The lowest BCUT2D eigenvalue weighted by atomic mass is 9.47. The Balaban J connectivity index is 0.751. The van der Waals surface area contributed by atoms with E-state index >= 15 is 0 Å². The largest absolute Gasteiger partial charge is 0.462 e. The predicted octanol–water partition coefficient (Wildman–Crippen LogP) is 14.8. The predicted molar refractivity (Wildman–Crippen MR) is 234 cm³/mol. The number of carbonyl (C=O) groups excluding carboxylic acids is 2. The molecular formula is C53H70O3. The highest BCUT2D eigenvalue weighted by Crippen LogP contribution is 2.67. The van der Waals surface area contributed by atoms with Crippen LogP contribution in [0, 0.1) is 46.3 Å². The zero-order valence-corrected chi connectivity index (χ0v) is 35.5. The van der Waals surface area contributed by atoms with E-state index in [4.69, 9.17) is 4.74 Å². The first kappa shape index (κ1) is 39.6. The van der Waals surface area contributed by atoms with E-state index in [1.54, 1.807) is 5.57 Å². The molecule has 56 heavy (non-hydrogen) atoms. The normalized spacial score (nSPS) is 29.3. The number of rotatable bonds is 16. The molecule has 3 saturated carbocycles. The average molecular weight is 755 g/mol. The summed E-state index contributed by atoms with van der Waals surface area (Å²) in [5, 5.41) is 7.16. The molecule has 0 heterocycles. The Morgan fingerprint density at radius 3 is 2.23 bits per heavy atom. The molecule has 4 aliphatic carbocycles. The minimum atomic E-state index is -0.000489. The number of carbonyl (C=O) groups is 2. The molecule has 0 bridgehead atoms. The van der Waals surface area contributed by atoms with Gasteiger partial charge in [0.25, 0.3) is 0 Å². The third-order valence-corrected chi connectivity index (χ3v) is 16.4. The summed E-state index contributed by atoms with van der Waals surface area (Å²) in [7, 11) is 0. The lowest BCUT2D eigenvalue weighted by Gasteiger charge is -2.58. The zero-order valence-electron chi connectivity index (χ0n) is 35.5. The van der Waals surface area contributed by atoms with Crippen LogP contribution in [0.3, 0.4) is 0 Å². The van der Waals surface area contributed by atoms with Crippen molar-refractivity contribution in [2.75, 3.05) is 0 Å². The fraction of sp³-hybridized carbons (Fsp3) is 0.623. The van der Waals surface area contributed by atoms with Crippen LogP contribution in [0.5, 0.6) is 0 Å². The summed E-state index contributed by atoms with van der Waals surface area (Å²) in [5.41, 5.74) is 3.29. The molecule has 8 unspecified atom stereocenters. The van der Waals surface area contributed by atoms with Gasteiger partial charge in [-0.25, -0.2) is 0 Å². The minimum absolute atomic E-state index is 0.000489. The van der Waals surface area contributed by atoms with Crippen LogP contribution in [-0.2, 0) is 9.53 Å². The average Bonchev–Trinajstić information content (AvgIpc) is 3.55. The number of allylic oxidation sites excluding steroid dienone is 1. The van der Waals surface area contributed by atoms with Gasteiger partial charge in [0.15, 0.2) is 5.78 Å². The maximum absolute atomic E-state index is 13.5. The number of Topliss-reactive ketones (excluding diaryl/α,β-unsaturated/α-hetero) is 1. The number of fused-ring (bicyclic) bond motifs is 5. The number of benzene rings is 4. The zero-order chi connectivity index (χ0) is 39.0. The van der Waals surface area contributed by atoms with Gasteiger partial charge in [-0.05, 0) is 143 Å². The molecule has 0 N–H and O–H groups in total. The van der Waals surface area contributed by atoms with Gasteiger partial charge in [-0.15, -0.1) is 0 Å². The summed E-state index contributed by atoms with van der Waals surface area (Å²) < 4.78 is 6.16. The molecule has 4 aromatic carbocycles. The van der Waals surface area contributed by atoms with E-state index in [-0.39, 0.29) is 17.9 Å².